The van der Waals surface area contributed by atoms with Crippen molar-refractivity contribution in [2.75, 3.05) is 34.0 Å². The number of rotatable bonds is 3. The van der Waals surface area contributed by atoms with Gasteiger partial charge in [-0.2, -0.15) is 0 Å². The Labute approximate surface area is 74.0 Å². The highest BCUT2D eigenvalue weighted by molar-refractivity contribution is 5.85. The van der Waals surface area contributed by atoms with Crippen molar-refractivity contribution in [3.05, 3.63) is 12.4 Å². The van der Waals surface area contributed by atoms with Crippen LogP contribution in [0.2, 0.25) is 0 Å². The summed E-state index contributed by atoms with van der Waals surface area (Å²) < 4.78 is 4.94. The van der Waals surface area contributed by atoms with Crippen LogP contribution in [0.4, 0.5) is 0 Å². The van der Waals surface area contributed by atoms with E-state index in [1.54, 1.807) is 7.11 Å². The summed E-state index contributed by atoms with van der Waals surface area (Å²) in [5.41, 5.74) is 0. The summed E-state index contributed by atoms with van der Waals surface area (Å²) in [5.74, 6) is 0. The highest BCUT2D eigenvalue weighted by Crippen LogP contribution is 2.01. The van der Waals surface area contributed by atoms with E-state index in [0.29, 0.717) is 0 Å². The Morgan fingerprint density at radius 1 is 1.45 bits per heavy atom. The first kappa shape index (κ1) is 10.6. The maximum atomic E-state index is 4.94. The number of halogens is 1. The van der Waals surface area contributed by atoms with Crippen LogP contribution in [0.25, 0.3) is 0 Å². The topological polar surface area (TPSA) is 15.7 Å². The largest absolute Gasteiger partial charge is 0.383 e. The summed E-state index contributed by atoms with van der Waals surface area (Å²) in [6.45, 7) is 2.78. The number of hydrogen-bond acceptors (Lipinski definition) is 3. The van der Waals surface area contributed by atoms with Crippen molar-refractivity contribution < 1.29 is 4.74 Å². The third kappa shape index (κ3) is 3.49. The molecular formula is C7H15ClN2O. The van der Waals surface area contributed by atoms with Crippen LogP contribution in [0.3, 0.4) is 0 Å². The summed E-state index contributed by atoms with van der Waals surface area (Å²) in [6, 6.07) is 0. The Bertz CT molecular complexity index is 130. The normalized spacial score (nSPS) is 15.5. The zero-order valence-corrected chi connectivity index (χ0v) is 7.80. The molecule has 66 valence electrons. The lowest BCUT2D eigenvalue weighted by Gasteiger charge is -2.16. The summed E-state index contributed by atoms with van der Waals surface area (Å²) in [4.78, 5) is 4.35. The molecule has 0 aliphatic carbocycles. The second kappa shape index (κ2) is 5.27. The van der Waals surface area contributed by atoms with Gasteiger partial charge >= 0.3 is 0 Å². The molecule has 0 spiro atoms. The zero-order chi connectivity index (χ0) is 7.40. The molecule has 1 rings (SSSR count). The first-order valence-electron chi connectivity index (χ1n) is 3.44. The van der Waals surface area contributed by atoms with Gasteiger partial charge in [-0.15, -0.1) is 12.4 Å². The Balaban J connectivity index is 0.000001000. The van der Waals surface area contributed by atoms with E-state index in [2.05, 4.69) is 29.2 Å². The summed E-state index contributed by atoms with van der Waals surface area (Å²) in [6.07, 6.45) is 4.15. The smallest absolute Gasteiger partial charge is 0.0891 e. The van der Waals surface area contributed by atoms with Crippen LogP contribution in [0, 0.1) is 0 Å². The molecule has 0 N–H and O–H groups in total. The SMILES string of the molecule is COCCN1C=CN(C)C1.Cl. The fourth-order valence-corrected chi connectivity index (χ4v) is 0.943. The Morgan fingerprint density at radius 2 is 2.18 bits per heavy atom. The Kier molecular flexibility index (Phi) is 5.07. The van der Waals surface area contributed by atoms with Gasteiger partial charge in [0, 0.05) is 33.1 Å². The van der Waals surface area contributed by atoms with Crippen LogP contribution in [0.15, 0.2) is 12.4 Å². The first-order chi connectivity index (χ1) is 4.83. The summed E-state index contributed by atoms with van der Waals surface area (Å²) in [5, 5.41) is 0. The number of hydrogen-bond donors (Lipinski definition) is 0. The Morgan fingerprint density at radius 3 is 2.64 bits per heavy atom. The predicted molar refractivity (Wildman–Crippen MR) is 47.6 cm³/mol. The van der Waals surface area contributed by atoms with Gasteiger partial charge < -0.3 is 14.5 Å². The molecule has 1 aliphatic rings. The van der Waals surface area contributed by atoms with Crippen molar-refractivity contribution in [3.63, 3.8) is 0 Å². The number of ether oxygens (including phenoxy) is 1. The minimum atomic E-state index is 0. The van der Waals surface area contributed by atoms with Gasteiger partial charge in [-0.3, -0.25) is 0 Å². The molecule has 11 heavy (non-hydrogen) atoms. The van der Waals surface area contributed by atoms with Crippen molar-refractivity contribution >= 4 is 12.4 Å². The molecule has 0 unspecified atom stereocenters. The van der Waals surface area contributed by atoms with E-state index in [4.69, 9.17) is 4.74 Å². The van der Waals surface area contributed by atoms with Gasteiger partial charge in [-0.1, -0.05) is 0 Å². The van der Waals surface area contributed by atoms with Gasteiger partial charge in [0.25, 0.3) is 0 Å². The molecule has 0 atom stereocenters. The molecule has 0 bridgehead atoms. The van der Waals surface area contributed by atoms with Crippen molar-refractivity contribution in [1.82, 2.24) is 9.80 Å². The maximum absolute atomic E-state index is 4.94. The second-order valence-electron chi connectivity index (χ2n) is 2.50. The lowest BCUT2D eigenvalue weighted by atomic mass is 10.6. The summed E-state index contributed by atoms with van der Waals surface area (Å²) >= 11 is 0. The van der Waals surface area contributed by atoms with Crippen molar-refractivity contribution in [1.29, 1.82) is 0 Å². The van der Waals surface area contributed by atoms with Crippen molar-refractivity contribution in [2.24, 2.45) is 0 Å². The van der Waals surface area contributed by atoms with E-state index in [9.17, 15) is 0 Å². The molecule has 1 aliphatic heterocycles. The van der Waals surface area contributed by atoms with Gasteiger partial charge in [-0.25, -0.2) is 0 Å². The van der Waals surface area contributed by atoms with E-state index in [1.165, 1.54) is 0 Å². The van der Waals surface area contributed by atoms with Crippen LogP contribution in [-0.4, -0.2) is 43.8 Å². The van der Waals surface area contributed by atoms with Gasteiger partial charge in [0.05, 0.1) is 13.3 Å². The molecule has 0 amide bonds. The third-order valence-corrected chi connectivity index (χ3v) is 1.52. The van der Waals surface area contributed by atoms with Gasteiger partial charge in [0.15, 0.2) is 0 Å². The number of nitrogens with zero attached hydrogens (tertiary/aromatic N) is 2. The fraction of sp³-hybridized carbons (Fsp3) is 0.714. The van der Waals surface area contributed by atoms with Crippen LogP contribution >= 0.6 is 12.4 Å². The molecule has 1 heterocycles. The van der Waals surface area contributed by atoms with Gasteiger partial charge in [0.2, 0.25) is 0 Å². The third-order valence-electron chi connectivity index (χ3n) is 1.52. The average Bonchev–Trinajstić information content (AvgIpc) is 2.31. The van der Waals surface area contributed by atoms with Gasteiger partial charge in [0.1, 0.15) is 0 Å². The van der Waals surface area contributed by atoms with Gasteiger partial charge in [-0.05, 0) is 0 Å². The van der Waals surface area contributed by atoms with E-state index in [1.807, 2.05) is 0 Å². The first-order valence-corrected chi connectivity index (χ1v) is 3.44. The van der Waals surface area contributed by atoms with Crippen molar-refractivity contribution in [2.45, 2.75) is 0 Å². The van der Waals surface area contributed by atoms with E-state index in [-0.39, 0.29) is 12.4 Å². The predicted octanol–water partition coefficient (Wildman–Crippen LogP) is 0.731. The zero-order valence-electron chi connectivity index (χ0n) is 6.99. The molecule has 3 nitrogen and oxygen atoms in total. The molecule has 4 heteroatoms. The molecule has 0 saturated carbocycles. The van der Waals surface area contributed by atoms with Crippen LogP contribution < -0.4 is 0 Å². The second-order valence-corrected chi connectivity index (χ2v) is 2.50. The standard InChI is InChI=1S/C7H14N2O.ClH/c1-8-3-4-9(7-8)5-6-10-2;/h3-4H,5-7H2,1-2H3;1H. The molecule has 0 aromatic carbocycles. The monoisotopic (exact) mass is 178 g/mol. The highest BCUT2D eigenvalue weighted by Gasteiger charge is 2.05. The van der Waals surface area contributed by atoms with Crippen LogP contribution in [0.1, 0.15) is 0 Å². The lowest BCUT2D eigenvalue weighted by Crippen LogP contribution is -2.25. The number of methoxy groups -OCH3 is 1. The van der Waals surface area contributed by atoms with Crippen LogP contribution in [-0.2, 0) is 4.74 Å². The minimum Gasteiger partial charge on any atom is -0.383 e. The maximum Gasteiger partial charge on any atom is 0.0891 e. The van der Waals surface area contributed by atoms with Crippen molar-refractivity contribution in [3.8, 4) is 0 Å². The van der Waals surface area contributed by atoms with E-state index >= 15 is 0 Å². The Hall–Kier alpha value is -0.410. The summed E-state index contributed by atoms with van der Waals surface area (Å²) in [7, 11) is 3.78. The molecule has 0 saturated heterocycles. The van der Waals surface area contributed by atoms with E-state index in [0.717, 1.165) is 19.8 Å². The molecule has 0 aromatic rings. The van der Waals surface area contributed by atoms with Crippen LogP contribution in [0.5, 0.6) is 0 Å². The lowest BCUT2D eigenvalue weighted by molar-refractivity contribution is 0.161. The fourth-order valence-electron chi connectivity index (χ4n) is 0.943. The molecule has 0 aromatic heterocycles. The minimum absolute atomic E-state index is 0. The highest BCUT2D eigenvalue weighted by atomic mass is 35.5. The van der Waals surface area contributed by atoms with E-state index < -0.39 is 0 Å². The molecular weight excluding hydrogens is 164 g/mol. The molecule has 0 radical (unpaired) electrons. The average molecular weight is 179 g/mol. The quantitative estimate of drug-likeness (QED) is 0.634. The molecule has 0 fully saturated rings.